The zero-order valence-corrected chi connectivity index (χ0v) is 13.1. The van der Waals surface area contributed by atoms with Gasteiger partial charge in [-0.25, -0.2) is 13.4 Å². The highest BCUT2D eigenvalue weighted by atomic mass is 32.2. The summed E-state index contributed by atoms with van der Waals surface area (Å²) in [5, 5.41) is 0. The summed E-state index contributed by atoms with van der Waals surface area (Å²) in [6.07, 6.45) is 1.35. The van der Waals surface area contributed by atoms with Crippen molar-refractivity contribution in [2.75, 3.05) is 46.4 Å². The van der Waals surface area contributed by atoms with Gasteiger partial charge >= 0.3 is 0 Å². The molecule has 3 aliphatic rings. The van der Waals surface area contributed by atoms with E-state index in [1.165, 1.54) is 27.7 Å². The second-order valence-electron chi connectivity index (χ2n) is 5.82. The van der Waals surface area contributed by atoms with Gasteiger partial charge in [-0.2, -0.15) is 4.31 Å². The normalized spacial score (nSPS) is 22.2. The minimum absolute atomic E-state index is 0.159. The highest BCUT2D eigenvalue weighted by molar-refractivity contribution is 7.89. The highest BCUT2D eigenvalue weighted by Gasteiger charge is 2.36. The van der Waals surface area contributed by atoms with Crippen LogP contribution < -0.4 is 9.47 Å². The SMILES string of the molecule is CN1CC2=C(C1)CN(S(=O)(=O)c1cnc3c(c1)OCCO3)C2. The molecule has 8 heteroatoms. The Morgan fingerprint density at radius 3 is 2.50 bits per heavy atom. The maximum atomic E-state index is 12.8. The van der Waals surface area contributed by atoms with Crippen molar-refractivity contribution in [3.8, 4) is 11.6 Å². The fourth-order valence-electron chi connectivity index (χ4n) is 3.11. The Hall–Kier alpha value is -1.64. The van der Waals surface area contributed by atoms with Gasteiger partial charge in [0.2, 0.25) is 10.0 Å². The number of ether oxygens (including phenoxy) is 2. The highest BCUT2D eigenvalue weighted by Crippen LogP contribution is 2.33. The van der Waals surface area contributed by atoms with Crippen molar-refractivity contribution in [3.05, 3.63) is 23.4 Å². The first-order valence-corrected chi connectivity index (χ1v) is 8.62. The van der Waals surface area contributed by atoms with Crippen molar-refractivity contribution in [3.63, 3.8) is 0 Å². The number of aromatic nitrogens is 1. The lowest BCUT2D eigenvalue weighted by atomic mass is 10.2. The van der Waals surface area contributed by atoms with Crippen LogP contribution in [0.3, 0.4) is 0 Å². The van der Waals surface area contributed by atoms with Crippen molar-refractivity contribution in [2.45, 2.75) is 4.90 Å². The Balaban J connectivity index is 1.60. The minimum atomic E-state index is -3.56. The number of sulfonamides is 1. The molecule has 4 rings (SSSR count). The molecule has 0 aliphatic carbocycles. The molecule has 3 aliphatic heterocycles. The Bertz CT molecular complexity index is 741. The zero-order chi connectivity index (χ0) is 15.3. The van der Waals surface area contributed by atoms with Gasteiger partial charge in [-0.05, 0) is 18.2 Å². The second-order valence-corrected chi connectivity index (χ2v) is 7.76. The molecule has 1 aromatic rings. The first-order valence-electron chi connectivity index (χ1n) is 7.18. The number of fused-ring (bicyclic) bond motifs is 1. The molecule has 22 heavy (non-hydrogen) atoms. The predicted octanol–water partition coefficient (Wildman–Crippen LogP) is 0.0991. The molecule has 0 unspecified atom stereocenters. The average molecular weight is 323 g/mol. The van der Waals surface area contributed by atoms with Crippen LogP contribution in [0.2, 0.25) is 0 Å². The van der Waals surface area contributed by atoms with Crippen LogP contribution in [-0.4, -0.2) is 69.0 Å². The smallest absolute Gasteiger partial charge is 0.257 e. The van der Waals surface area contributed by atoms with Crippen LogP contribution in [0.1, 0.15) is 0 Å². The van der Waals surface area contributed by atoms with E-state index in [9.17, 15) is 8.42 Å². The third-order valence-corrected chi connectivity index (χ3v) is 5.92. The quantitative estimate of drug-likeness (QED) is 0.719. The minimum Gasteiger partial charge on any atom is -0.484 e. The van der Waals surface area contributed by atoms with E-state index in [0.717, 1.165) is 13.1 Å². The lowest BCUT2D eigenvalue weighted by Crippen LogP contribution is -2.33. The van der Waals surface area contributed by atoms with Gasteiger partial charge in [0, 0.05) is 32.2 Å². The lowest BCUT2D eigenvalue weighted by molar-refractivity contribution is 0.163. The molecule has 1 aromatic heterocycles. The number of likely N-dealkylation sites (N-methyl/N-ethyl adjacent to an activating group) is 1. The molecule has 0 fully saturated rings. The van der Waals surface area contributed by atoms with E-state index in [2.05, 4.69) is 9.88 Å². The molecule has 0 saturated carbocycles. The molecular weight excluding hydrogens is 306 g/mol. The first-order chi connectivity index (χ1) is 10.5. The largest absolute Gasteiger partial charge is 0.484 e. The van der Waals surface area contributed by atoms with Gasteiger partial charge < -0.3 is 9.47 Å². The van der Waals surface area contributed by atoms with Gasteiger partial charge in [0.1, 0.15) is 18.1 Å². The van der Waals surface area contributed by atoms with Gasteiger partial charge in [0.25, 0.3) is 5.88 Å². The van der Waals surface area contributed by atoms with Crippen molar-refractivity contribution >= 4 is 10.0 Å². The fourth-order valence-corrected chi connectivity index (χ4v) is 4.50. The Labute approximate surface area is 129 Å². The average Bonchev–Trinajstić information content (AvgIpc) is 3.04. The number of hydrogen-bond donors (Lipinski definition) is 0. The number of rotatable bonds is 2. The molecule has 0 radical (unpaired) electrons. The van der Waals surface area contributed by atoms with E-state index in [1.54, 1.807) is 0 Å². The van der Waals surface area contributed by atoms with Crippen molar-refractivity contribution in [2.24, 2.45) is 0 Å². The molecule has 0 aromatic carbocycles. The summed E-state index contributed by atoms with van der Waals surface area (Å²) in [5.41, 5.74) is 2.44. The maximum Gasteiger partial charge on any atom is 0.257 e. The molecule has 0 spiro atoms. The van der Waals surface area contributed by atoms with Gasteiger partial charge in [0.15, 0.2) is 5.75 Å². The van der Waals surface area contributed by atoms with Crippen molar-refractivity contribution in [1.29, 1.82) is 0 Å². The number of nitrogens with zero attached hydrogens (tertiary/aromatic N) is 3. The predicted molar refractivity (Wildman–Crippen MR) is 78.5 cm³/mol. The summed E-state index contributed by atoms with van der Waals surface area (Å²) < 4.78 is 37.8. The second kappa shape index (κ2) is 4.94. The summed E-state index contributed by atoms with van der Waals surface area (Å²) in [6.45, 7) is 3.47. The van der Waals surface area contributed by atoms with Gasteiger partial charge in [-0.1, -0.05) is 0 Å². The van der Waals surface area contributed by atoms with Crippen LogP contribution in [-0.2, 0) is 10.0 Å². The van der Waals surface area contributed by atoms with Gasteiger partial charge in [-0.15, -0.1) is 0 Å². The molecule has 4 heterocycles. The summed E-state index contributed by atoms with van der Waals surface area (Å²) in [7, 11) is -1.51. The Morgan fingerprint density at radius 1 is 1.09 bits per heavy atom. The topological polar surface area (TPSA) is 72.0 Å². The first kappa shape index (κ1) is 14.0. The van der Waals surface area contributed by atoms with Gasteiger partial charge in [0.05, 0.1) is 6.20 Å². The molecule has 7 nitrogen and oxygen atoms in total. The third kappa shape index (κ3) is 2.18. The van der Waals surface area contributed by atoms with E-state index in [0.29, 0.717) is 37.9 Å². The van der Waals surface area contributed by atoms with Crippen LogP contribution in [0.25, 0.3) is 0 Å². The molecule has 0 atom stereocenters. The van der Waals surface area contributed by atoms with Crippen molar-refractivity contribution in [1.82, 2.24) is 14.2 Å². The van der Waals surface area contributed by atoms with E-state index < -0.39 is 10.0 Å². The van der Waals surface area contributed by atoms with E-state index >= 15 is 0 Å². The molecule has 0 bridgehead atoms. The molecule has 0 saturated heterocycles. The molecule has 118 valence electrons. The fraction of sp³-hybridized carbons (Fsp3) is 0.500. The molecule has 0 amide bonds. The van der Waals surface area contributed by atoms with Crippen molar-refractivity contribution < 1.29 is 17.9 Å². The maximum absolute atomic E-state index is 12.8. The number of hydrogen-bond acceptors (Lipinski definition) is 6. The zero-order valence-electron chi connectivity index (χ0n) is 12.3. The van der Waals surface area contributed by atoms with Crippen LogP contribution in [0.5, 0.6) is 11.6 Å². The lowest BCUT2D eigenvalue weighted by Gasteiger charge is -2.22. The standard InChI is InChI=1S/C14H17N3O4S/c1-16-6-10-8-17(9-11(10)7-16)22(18,19)12-4-13-14(15-5-12)21-3-2-20-13/h4-5H,2-3,6-9H2,1H3. The van der Waals surface area contributed by atoms with Crippen LogP contribution in [0.15, 0.2) is 28.3 Å². The third-order valence-electron chi connectivity index (χ3n) is 4.17. The summed E-state index contributed by atoms with van der Waals surface area (Å²) in [6, 6.07) is 1.51. The summed E-state index contributed by atoms with van der Waals surface area (Å²) >= 11 is 0. The van der Waals surface area contributed by atoms with E-state index in [1.807, 2.05) is 7.05 Å². The van der Waals surface area contributed by atoms with E-state index in [4.69, 9.17) is 9.47 Å². The monoisotopic (exact) mass is 323 g/mol. The van der Waals surface area contributed by atoms with Crippen LogP contribution in [0, 0.1) is 0 Å². The Morgan fingerprint density at radius 2 is 1.77 bits per heavy atom. The summed E-state index contributed by atoms with van der Waals surface area (Å²) in [4.78, 5) is 6.42. The van der Waals surface area contributed by atoms with Crippen LogP contribution in [0.4, 0.5) is 0 Å². The van der Waals surface area contributed by atoms with Crippen LogP contribution >= 0.6 is 0 Å². The molecular formula is C14H17N3O4S. The van der Waals surface area contributed by atoms with E-state index in [-0.39, 0.29) is 4.90 Å². The van der Waals surface area contributed by atoms with Gasteiger partial charge in [-0.3, -0.25) is 4.90 Å². The number of pyridine rings is 1. The Kier molecular flexibility index (Phi) is 3.14. The molecule has 0 N–H and O–H groups in total. The summed E-state index contributed by atoms with van der Waals surface area (Å²) in [5.74, 6) is 0.751.